The summed E-state index contributed by atoms with van der Waals surface area (Å²) in [7, 11) is 0. The Kier molecular flexibility index (Phi) is 3.95. The average Bonchev–Trinajstić information content (AvgIpc) is 3.57. The van der Waals surface area contributed by atoms with Crippen molar-refractivity contribution in [3.63, 3.8) is 0 Å². The summed E-state index contributed by atoms with van der Waals surface area (Å²) < 4.78 is 67.1. The van der Waals surface area contributed by atoms with Gasteiger partial charge in [0.1, 0.15) is 11.2 Å². The minimum absolute atomic E-state index is 0.0155. The molecule has 1 nitrogen and oxygen atoms in total. The Morgan fingerprint density at radius 2 is 0.953 bits per heavy atom. The van der Waals surface area contributed by atoms with Crippen LogP contribution in [0.25, 0.3) is 87.6 Å². The first kappa shape index (κ1) is 18.0. The van der Waals surface area contributed by atoms with Crippen LogP contribution in [-0.4, -0.2) is 0 Å². The fourth-order valence-electron chi connectivity index (χ4n) is 6.33. The van der Waals surface area contributed by atoms with Gasteiger partial charge < -0.3 is 4.42 Å². The van der Waals surface area contributed by atoms with E-state index in [0.29, 0.717) is 5.56 Å². The topological polar surface area (TPSA) is 13.1 Å². The third kappa shape index (κ3) is 3.79. The Hall–Kier alpha value is -5.66. The van der Waals surface area contributed by atoms with E-state index in [1.54, 1.807) is 0 Å². The molecule has 1 aromatic heterocycles. The molecule has 0 aliphatic rings. The Morgan fingerprint density at radius 1 is 0.395 bits per heavy atom. The Balaban J connectivity index is 1.30. The zero-order chi connectivity index (χ0) is 34.4. The van der Waals surface area contributed by atoms with Crippen LogP contribution in [0, 0.1) is 0 Å². The van der Waals surface area contributed by atoms with E-state index in [-0.39, 0.29) is 57.7 Å². The highest BCUT2D eigenvalue weighted by atomic mass is 16.3. The Morgan fingerprint density at radius 3 is 1.67 bits per heavy atom. The molecule has 200 valence electrons. The van der Waals surface area contributed by atoms with Gasteiger partial charge in [0, 0.05) is 10.8 Å². The lowest BCUT2D eigenvalue weighted by Gasteiger charge is -2.18. The van der Waals surface area contributed by atoms with Gasteiger partial charge in [-0.3, -0.25) is 0 Å². The van der Waals surface area contributed by atoms with Crippen molar-refractivity contribution in [1.82, 2.24) is 0 Å². The van der Waals surface area contributed by atoms with Crippen LogP contribution in [0.5, 0.6) is 0 Å². The third-order valence-corrected chi connectivity index (χ3v) is 8.32. The van der Waals surface area contributed by atoms with Crippen molar-refractivity contribution in [2.45, 2.75) is 0 Å². The molecule has 9 rings (SSSR count). The number of rotatable bonds is 3. The molecule has 0 atom stereocenters. The fraction of sp³-hybridized carbons (Fsp3) is 0. The number of para-hydroxylation sites is 1. The largest absolute Gasteiger partial charge is 0.456 e. The minimum atomic E-state index is -0.455. The van der Waals surface area contributed by atoms with Crippen molar-refractivity contribution in [3.05, 3.63) is 158 Å². The predicted molar refractivity (Wildman–Crippen MR) is 183 cm³/mol. The molecule has 0 fully saturated rings. The first-order valence-electron chi connectivity index (χ1n) is 17.7. The molecule has 0 spiro atoms. The van der Waals surface area contributed by atoms with E-state index < -0.39 is 12.1 Å². The van der Waals surface area contributed by atoms with Crippen molar-refractivity contribution in [2.24, 2.45) is 0 Å². The van der Waals surface area contributed by atoms with Gasteiger partial charge in [0.15, 0.2) is 0 Å². The summed E-state index contributed by atoms with van der Waals surface area (Å²) in [6.07, 6.45) is 0. The van der Waals surface area contributed by atoms with Crippen molar-refractivity contribution in [1.29, 1.82) is 0 Å². The quantitative estimate of drug-likeness (QED) is 0.198. The van der Waals surface area contributed by atoms with E-state index in [4.69, 9.17) is 11.3 Å². The molecule has 0 bridgehead atoms. The molecule has 0 unspecified atom stereocenters. The van der Waals surface area contributed by atoms with Crippen LogP contribution in [0.3, 0.4) is 0 Å². The lowest BCUT2D eigenvalue weighted by Crippen LogP contribution is -1.91. The molecule has 1 heteroatoms. The summed E-state index contributed by atoms with van der Waals surface area (Å²) in [4.78, 5) is 0. The second-order valence-corrected chi connectivity index (χ2v) is 10.7. The molecule has 1 heterocycles. The number of fused-ring (bicyclic) bond motifs is 6. The molecular formula is C42H26O. The molecule has 8 aromatic carbocycles. The molecule has 0 radical (unpaired) electrons. The second kappa shape index (κ2) is 9.44. The monoisotopic (exact) mass is 553 g/mol. The third-order valence-electron chi connectivity index (χ3n) is 8.32. The average molecular weight is 554 g/mol. The van der Waals surface area contributed by atoms with E-state index >= 15 is 0 Å². The minimum Gasteiger partial charge on any atom is -0.456 e. The van der Waals surface area contributed by atoms with Crippen molar-refractivity contribution >= 4 is 54.3 Å². The second-order valence-electron chi connectivity index (χ2n) is 10.7. The highest BCUT2D eigenvalue weighted by Crippen LogP contribution is 2.45. The standard InChI is InChI=1S/C42H26O/c1-2-10-30-25-31(22-19-27(30)9-1)28-17-20-29(21-18-28)41-35-12-3-5-14-37(35)42(38-15-6-4-13-36(38)41)32-23-24-34-33-11-7-8-16-39(33)43-40(34)26-32/h1-26H/i7D,8D,11D,16D,23D,24D,26D. The lowest BCUT2D eigenvalue weighted by molar-refractivity contribution is 0.669. The van der Waals surface area contributed by atoms with Crippen LogP contribution in [0.2, 0.25) is 0 Å². The highest BCUT2D eigenvalue weighted by molar-refractivity contribution is 6.22. The van der Waals surface area contributed by atoms with Crippen LogP contribution in [0.1, 0.15) is 9.60 Å². The lowest BCUT2D eigenvalue weighted by atomic mass is 9.85. The SMILES string of the molecule is [2H]c1c([2H])c([2H])c2c(oc3c([2H])c(-c4c5ccccc5c(-c5ccc(-c6ccc7ccccc7c6)cc5)c5ccccc45)c([2H])c([2H])c32)c1[2H]. The molecule has 0 saturated heterocycles. The zero-order valence-corrected chi connectivity index (χ0v) is 22.9. The normalized spacial score (nSPS) is 14.0. The maximum absolute atomic E-state index is 9.41. The molecule has 0 amide bonds. The molecule has 0 saturated carbocycles. The van der Waals surface area contributed by atoms with E-state index in [0.717, 1.165) is 43.8 Å². The number of hydrogen-bond donors (Lipinski definition) is 0. The smallest absolute Gasteiger partial charge is 0.136 e. The first-order chi connectivity index (χ1) is 24.2. The van der Waals surface area contributed by atoms with E-state index in [1.807, 2.05) is 60.7 Å². The van der Waals surface area contributed by atoms with Gasteiger partial charge in [-0.2, -0.15) is 0 Å². The van der Waals surface area contributed by atoms with Crippen LogP contribution >= 0.6 is 0 Å². The van der Waals surface area contributed by atoms with Gasteiger partial charge in [0.25, 0.3) is 0 Å². The van der Waals surface area contributed by atoms with E-state index in [2.05, 4.69) is 54.6 Å². The summed E-state index contributed by atoms with van der Waals surface area (Å²) in [5, 5.41) is 5.90. The fourth-order valence-corrected chi connectivity index (χ4v) is 6.33. The maximum atomic E-state index is 9.41. The highest BCUT2D eigenvalue weighted by Gasteiger charge is 2.17. The summed E-state index contributed by atoms with van der Waals surface area (Å²) in [5.41, 5.74) is 4.94. The van der Waals surface area contributed by atoms with Crippen LogP contribution in [-0.2, 0) is 0 Å². The van der Waals surface area contributed by atoms with Crippen LogP contribution < -0.4 is 0 Å². The van der Waals surface area contributed by atoms with E-state index in [9.17, 15) is 2.74 Å². The zero-order valence-electron chi connectivity index (χ0n) is 29.9. The number of hydrogen-bond acceptors (Lipinski definition) is 1. The maximum Gasteiger partial charge on any atom is 0.136 e. The molecule has 9 aromatic rings. The molecule has 0 aliphatic heterocycles. The van der Waals surface area contributed by atoms with Crippen molar-refractivity contribution < 1.29 is 14.0 Å². The summed E-state index contributed by atoms with van der Waals surface area (Å²) in [6.45, 7) is 0. The molecule has 0 N–H and O–H groups in total. The Bertz CT molecular complexity index is 2830. The van der Waals surface area contributed by atoms with Gasteiger partial charge in [-0.05, 0) is 89.9 Å². The van der Waals surface area contributed by atoms with Gasteiger partial charge in [0.2, 0.25) is 0 Å². The molecule has 43 heavy (non-hydrogen) atoms. The van der Waals surface area contributed by atoms with Gasteiger partial charge in [-0.25, -0.2) is 0 Å². The number of benzene rings is 8. The number of furan rings is 1. The van der Waals surface area contributed by atoms with Crippen LogP contribution in [0.4, 0.5) is 0 Å². The van der Waals surface area contributed by atoms with Gasteiger partial charge in [0.05, 0.1) is 9.60 Å². The Labute approximate surface area is 259 Å². The molecule has 0 aliphatic carbocycles. The molecular weight excluding hydrogens is 520 g/mol. The summed E-state index contributed by atoms with van der Waals surface area (Å²) in [6, 6.07) is 36.9. The van der Waals surface area contributed by atoms with Crippen molar-refractivity contribution in [2.75, 3.05) is 0 Å². The van der Waals surface area contributed by atoms with Gasteiger partial charge in [-0.15, -0.1) is 0 Å². The first-order valence-corrected chi connectivity index (χ1v) is 14.2. The van der Waals surface area contributed by atoms with Crippen molar-refractivity contribution in [3.8, 4) is 33.4 Å². The van der Waals surface area contributed by atoms with Gasteiger partial charge in [-0.1, -0.05) is 133 Å². The summed E-state index contributed by atoms with van der Waals surface area (Å²) >= 11 is 0. The van der Waals surface area contributed by atoms with Gasteiger partial charge >= 0.3 is 0 Å². The van der Waals surface area contributed by atoms with Crippen LogP contribution in [0.15, 0.2) is 162 Å². The summed E-state index contributed by atoms with van der Waals surface area (Å²) in [5.74, 6) is 0. The van der Waals surface area contributed by atoms with E-state index in [1.165, 1.54) is 10.8 Å². The predicted octanol–water partition coefficient (Wildman–Crippen LogP) is 12.0.